The summed E-state index contributed by atoms with van der Waals surface area (Å²) in [5.74, 6) is 0. The van der Waals surface area contributed by atoms with Gasteiger partial charge in [0, 0.05) is 29.9 Å². The zero-order chi connectivity index (χ0) is 17.0. The SMILES string of the molecule is Cc1n[nH]c(C)c1CNC1CCCC(NC(=O)OC(C)(C)C)C1. The highest BCUT2D eigenvalue weighted by molar-refractivity contribution is 5.68. The second-order valence-electron chi connectivity index (χ2n) is 7.50. The lowest BCUT2D eigenvalue weighted by Crippen LogP contribution is -2.45. The first-order valence-corrected chi connectivity index (χ1v) is 8.48. The molecule has 6 heteroatoms. The molecule has 130 valence electrons. The van der Waals surface area contributed by atoms with Gasteiger partial charge in [-0.2, -0.15) is 5.10 Å². The molecule has 1 amide bonds. The number of nitrogens with one attached hydrogen (secondary N) is 3. The van der Waals surface area contributed by atoms with E-state index < -0.39 is 5.60 Å². The molecule has 6 nitrogen and oxygen atoms in total. The molecule has 0 radical (unpaired) electrons. The van der Waals surface area contributed by atoms with Crippen molar-refractivity contribution >= 4 is 6.09 Å². The van der Waals surface area contributed by atoms with E-state index in [1.54, 1.807) is 0 Å². The monoisotopic (exact) mass is 322 g/mol. The Kier molecular flexibility index (Phi) is 5.68. The van der Waals surface area contributed by atoms with E-state index >= 15 is 0 Å². The molecule has 23 heavy (non-hydrogen) atoms. The number of nitrogens with zero attached hydrogens (tertiary/aromatic N) is 1. The number of aromatic nitrogens is 2. The predicted molar refractivity (Wildman–Crippen MR) is 90.3 cm³/mol. The van der Waals surface area contributed by atoms with Crippen LogP contribution < -0.4 is 10.6 Å². The van der Waals surface area contributed by atoms with Crippen molar-refractivity contribution in [2.75, 3.05) is 0 Å². The normalized spacial score (nSPS) is 22.0. The molecule has 0 bridgehead atoms. The molecule has 0 aliphatic heterocycles. The molecule has 1 heterocycles. The van der Waals surface area contributed by atoms with Gasteiger partial charge >= 0.3 is 6.09 Å². The van der Waals surface area contributed by atoms with Crippen molar-refractivity contribution in [2.24, 2.45) is 0 Å². The number of aromatic amines is 1. The minimum atomic E-state index is -0.452. The molecule has 0 aromatic carbocycles. The van der Waals surface area contributed by atoms with Crippen LogP contribution in [0.5, 0.6) is 0 Å². The summed E-state index contributed by atoms with van der Waals surface area (Å²) in [4.78, 5) is 11.9. The summed E-state index contributed by atoms with van der Waals surface area (Å²) in [7, 11) is 0. The van der Waals surface area contributed by atoms with Gasteiger partial charge in [-0.15, -0.1) is 0 Å². The number of rotatable bonds is 4. The van der Waals surface area contributed by atoms with E-state index in [1.165, 1.54) is 5.56 Å². The first kappa shape index (κ1) is 17.8. The molecule has 0 saturated heterocycles. The van der Waals surface area contributed by atoms with Crippen LogP contribution >= 0.6 is 0 Å². The van der Waals surface area contributed by atoms with Gasteiger partial charge in [0.1, 0.15) is 5.60 Å². The number of H-pyrrole nitrogens is 1. The Labute approximate surface area is 138 Å². The Hall–Kier alpha value is -1.56. The maximum Gasteiger partial charge on any atom is 0.407 e. The first-order valence-electron chi connectivity index (χ1n) is 8.48. The second-order valence-corrected chi connectivity index (χ2v) is 7.50. The molecule has 1 aromatic heterocycles. The number of ether oxygens (including phenoxy) is 1. The fraction of sp³-hybridized carbons (Fsp3) is 0.765. The Morgan fingerprint density at radius 2 is 2.00 bits per heavy atom. The van der Waals surface area contributed by atoms with Crippen LogP contribution in [-0.2, 0) is 11.3 Å². The minimum Gasteiger partial charge on any atom is -0.444 e. The quantitative estimate of drug-likeness (QED) is 0.796. The molecule has 2 unspecified atom stereocenters. The maximum atomic E-state index is 11.9. The Morgan fingerprint density at radius 1 is 1.30 bits per heavy atom. The van der Waals surface area contributed by atoms with Crippen LogP contribution in [0.2, 0.25) is 0 Å². The number of carbonyl (C=O) groups is 1. The maximum absolute atomic E-state index is 11.9. The third kappa shape index (κ3) is 5.53. The van der Waals surface area contributed by atoms with Crippen molar-refractivity contribution in [1.82, 2.24) is 20.8 Å². The lowest BCUT2D eigenvalue weighted by molar-refractivity contribution is 0.0488. The fourth-order valence-electron chi connectivity index (χ4n) is 3.06. The highest BCUT2D eigenvalue weighted by atomic mass is 16.6. The van der Waals surface area contributed by atoms with Crippen LogP contribution in [0.1, 0.15) is 63.4 Å². The Balaban J connectivity index is 1.80. The summed E-state index contributed by atoms with van der Waals surface area (Å²) in [6.45, 7) is 10.5. The van der Waals surface area contributed by atoms with Crippen molar-refractivity contribution in [2.45, 2.75) is 84.5 Å². The third-order valence-corrected chi connectivity index (χ3v) is 4.24. The number of hydrogen-bond donors (Lipinski definition) is 3. The van der Waals surface area contributed by atoms with E-state index in [0.29, 0.717) is 6.04 Å². The Morgan fingerprint density at radius 3 is 2.61 bits per heavy atom. The van der Waals surface area contributed by atoms with Gasteiger partial charge in [0.25, 0.3) is 0 Å². The van der Waals surface area contributed by atoms with Crippen molar-refractivity contribution in [1.29, 1.82) is 0 Å². The average molecular weight is 322 g/mol. The van der Waals surface area contributed by atoms with Gasteiger partial charge in [-0.05, 0) is 60.3 Å². The van der Waals surface area contributed by atoms with Crippen LogP contribution in [0.15, 0.2) is 0 Å². The topological polar surface area (TPSA) is 79.0 Å². The minimum absolute atomic E-state index is 0.183. The smallest absolute Gasteiger partial charge is 0.407 e. The molecule has 1 aliphatic carbocycles. The molecule has 1 aliphatic rings. The molecule has 2 rings (SSSR count). The van der Waals surface area contributed by atoms with Crippen LogP contribution in [-0.4, -0.2) is 34.0 Å². The van der Waals surface area contributed by atoms with Gasteiger partial charge in [-0.3, -0.25) is 5.10 Å². The van der Waals surface area contributed by atoms with Gasteiger partial charge < -0.3 is 15.4 Å². The average Bonchev–Trinajstić information content (AvgIpc) is 2.74. The largest absolute Gasteiger partial charge is 0.444 e. The highest BCUT2D eigenvalue weighted by Gasteiger charge is 2.25. The number of alkyl carbamates (subject to hydrolysis) is 1. The summed E-state index contributed by atoms with van der Waals surface area (Å²) in [6, 6.07) is 0.597. The molecule has 3 N–H and O–H groups in total. The zero-order valence-electron chi connectivity index (χ0n) is 15.0. The summed E-state index contributed by atoms with van der Waals surface area (Å²) in [5, 5.41) is 13.9. The molecule has 1 saturated carbocycles. The van der Waals surface area contributed by atoms with E-state index in [1.807, 2.05) is 34.6 Å². The highest BCUT2D eigenvalue weighted by Crippen LogP contribution is 2.20. The van der Waals surface area contributed by atoms with E-state index in [2.05, 4.69) is 20.8 Å². The number of carbonyl (C=O) groups excluding carboxylic acids is 1. The standard InChI is InChI=1S/C17H30N4O2/c1-11-15(12(2)21-20-11)10-18-13-7-6-8-14(9-13)19-16(22)23-17(3,4)5/h13-14,18H,6-10H2,1-5H3,(H,19,22)(H,20,21). The number of amides is 1. The molecule has 1 aromatic rings. The third-order valence-electron chi connectivity index (χ3n) is 4.24. The Bertz CT molecular complexity index is 514. The van der Waals surface area contributed by atoms with Gasteiger partial charge in [-0.25, -0.2) is 4.79 Å². The van der Waals surface area contributed by atoms with Gasteiger partial charge in [0.2, 0.25) is 0 Å². The van der Waals surface area contributed by atoms with E-state index in [9.17, 15) is 4.79 Å². The van der Waals surface area contributed by atoms with E-state index in [-0.39, 0.29) is 12.1 Å². The zero-order valence-corrected chi connectivity index (χ0v) is 15.0. The van der Waals surface area contributed by atoms with Crippen molar-refractivity contribution < 1.29 is 9.53 Å². The van der Waals surface area contributed by atoms with Crippen LogP contribution in [0.25, 0.3) is 0 Å². The summed E-state index contributed by atoms with van der Waals surface area (Å²) >= 11 is 0. The van der Waals surface area contributed by atoms with Crippen molar-refractivity contribution in [3.8, 4) is 0 Å². The van der Waals surface area contributed by atoms with Crippen molar-refractivity contribution in [3.63, 3.8) is 0 Å². The molecule has 2 atom stereocenters. The van der Waals surface area contributed by atoms with E-state index in [0.717, 1.165) is 43.6 Å². The number of hydrogen-bond acceptors (Lipinski definition) is 4. The van der Waals surface area contributed by atoms with Gasteiger partial charge in [0.15, 0.2) is 0 Å². The molecule has 1 fully saturated rings. The van der Waals surface area contributed by atoms with E-state index in [4.69, 9.17) is 4.74 Å². The lowest BCUT2D eigenvalue weighted by Gasteiger charge is -2.31. The van der Waals surface area contributed by atoms with Crippen molar-refractivity contribution in [3.05, 3.63) is 17.0 Å². The first-order chi connectivity index (χ1) is 10.7. The van der Waals surface area contributed by atoms with Crippen LogP contribution in [0.4, 0.5) is 4.79 Å². The van der Waals surface area contributed by atoms with Crippen LogP contribution in [0.3, 0.4) is 0 Å². The number of aryl methyl sites for hydroxylation is 2. The molecular formula is C17H30N4O2. The van der Waals surface area contributed by atoms with Gasteiger partial charge in [0.05, 0.1) is 5.69 Å². The molecular weight excluding hydrogens is 292 g/mol. The second kappa shape index (κ2) is 7.34. The summed E-state index contributed by atoms with van der Waals surface area (Å²) in [5.41, 5.74) is 2.96. The predicted octanol–water partition coefficient (Wildman–Crippen LogP) is 2.95. The fourth-order valence-corrected chi connectivity index (χ4v) is 3.06. The lowest BCUT2D eigenvalue weighted by atomic mass is 9.91. The molecule has 0 spiro atoms. The summed E-state index contributed by atoms with van der Waals surface area (Å²) in [6.07, 6.45) is 3.89. The van der Waals surface area contributed by atoms with Crippen LogP contribution in [0, 0.1) is 13.8 Å². The summed E-state index contributed by atoms with van der Waals surface area (Å²) < 4.78 is 5.34. The van der Waals surface area contributed by atoms with Gasteiger partial charge in [-0.1, -0.05) is 0 Å².